The number of benzene rings is 2. The highest BCUT2D eigenvalue weighted by Crippen LogP contribution is 2.35. The predicted octanol–water partition coefficient (Wildman–Crippen LogP) is 1.79. The van der Waals surface area contributed by atoms with Crippen LogP contribution in [-0.2, 0) is 15.0 Å². The molecule has 160 valence electrons. The minimum atomic E-state index is -1.12. The average Bonchev–Trinajstić information content (AvgIpc) is 2.77. The number of aliphatic carboxylic acids is 1. The van der Waals surface area contributed by atoms with E-state index in [-0.39, 0.29) is 25.4 Å². The summed E-state index contributed by atoms with van der Waals surface area (Å²) in [5.41, 5.74) is 0.367. The number of hydrogen-bond acceptors (Lipinski definition) is 6. The molecule has 0 N–H and O–H groups in total. The van der Waals surface area contributed by atoms with Gasteiger partial charge in [-0.2, -0.15) is 0 Å². The second kappa shape index (κ2) is 8.26. The van der Waals surface area contributed by atoms with Crippen molar-refractivity contribution in [2.75, 3.05) is 19.7 Å². The largest absolute Gasteiger partial charge is 0.549 e. The van der Waals surface area contributed by atoms with Crippen molar-refractivity contribution < 1.29 is 23.8 Å². The van der Waals surface area contributed by atoms with E-state index in [1.165, 1.54) is 6.07 Å². The highest BCUT2D eigenvalue weighted by molar-refractivity contribution is 5.83. The molecule has 0 aliphatic carbocycles. The molecule has 0 unspecified atom stereocenters. The Kier molecular flexibility index (Phi) is 5.50. The molecule has 4 rings (SSSR count). The van der Waals surface area contributed by atoms with Gasteiger partial charge in [0.25, 0.3) is 5.91 Å². The number of hydrogen-bond donors (Lipinski definition) is 0. The topological polar surface area (TPSA) is 99.9 Å². The van der Waals surface area contributed by atoms with Crippen LogP contribution in [0.15, 0.2) is 63.8 Å². The minimum absolute atomic E-state index is 0.189. The molecule has 1 aliphatic rings. The van der Waals surface area contributed by atoms with Crippen LogP contribution >= 0.6 is 0 Å². The lowest BCUT2D eigenvalue weighted by atomic mass is 9.73. The number of rotatable bonds is 5. The first kappa shape index (κ1) is 20.7. The molecule has 1 saturated heterocycles. The fourth-order valence-corrected chi connectivity index (χ4v) is 4.14. The van der Waals surface area contributed by atoms with Crippen LogP contribution < -0.4 is 15.5 Å². The molecule has 2 aromatic carbocycles. The quantitative estimate of drug-likeness (QED) is 0.584. The maximum absolute atomic E-state index is 12.6. The molecule has 1 aromatic heterocycles. The van der Waals surface area contributed by atoms with Gasteiger partial charge >= 0.3 is 5.63 Å². The summed E-state index contributed by atoms with van der Waals surface area (Å²) < 4.78 is 10.8. The van der Waals surface area contributed by atoms with E-state index >= 15 is 0 Å². The van der Waals surface area contributed by atoms with Crippen LogP contribution in [0.5, 0.6) is 5.75 Å². The number of fused-ring (bicyclic) bond motifs is 1. The van der Waals surface area contributed by atoms with Gasteiger partial charge in [-0.3, -0.25) is 4.79 Å². The highest BCUT2D eigenvalue weighted by atomic mass is 16.5. The van der Waals surface area contributed by atoms with E-state index < -0.39 is 17.0 Å². The third-order valence-corrected chi connectivity index (χ3v) is 5.97. The summed E-state index contributed by atoms with van der Waals surface area (Å²) in [6.07, 6.45) is 0.566. The van der Waals surface area contributed by atoms with Crippen molar-refractivity contribution in [2.24, 2.45) is 0 Å². The van der Waals surface area contributed by atoms with Gasteiger partial charge in [0, 0.05) is 36.0 Å². The van der Waals surface area contributed by atoms with Crippen molar-refractivity contribution in [1.29, 1.82) is 0 Å². The first-order chi connectivity index (χ1) is 14.9. The van der Waals surface area contributed by atoms with Gasteiger partial charge in [0.2, 0.25) is 0 Å². The molecule has 0 radical (unpaired) electrons. The Balaban J connectivity index is 1.41. The average molecular weight is 420 g/mol. The van der Waals surface area contributed by atoms with E-state index in [2.05, 4.69) is 0 Å². The van der Waals surface area contributed by atoms with E-state index in [4.69, 9.17) is 9.15 Å². The second-order valence-electron chi connectivity index (χ2n) is 7.81. The molecule has 7 heteroatoms. The van der Waals surface area contributed by atoms with E-state index in [1.54, 1.807) is 47.4 Å². The zero-order chi connectivity index (χ0) is 22.0. The fraction of sp³-hybridized carbons (Fsp3) is 0.292. The summed E-state index contributed by atoms with van der Waals surface area (Å²) in [7, 11) is 0. The predicted molar refractivity (Wildman–Crippen MR) is 112 cm³/mol. The van der Waals surface area contributed by atoms with Crippen LogP contribution in [0, 0.1) is 6.92 Å². The third-order valence-electron chi connectivity index (χ3n) is 5.97. The van der Waals surface area contributed by atoms with E-state index in [9.17, 15) is 19.5 Å². The molecular formula is C24H22NO6-. The van der Waals surface area contributed by atoms with Gasteiger partial charge in [-0.1, -0.05) is 30.3 Å². The van der Waals surface area contributed by atoms with Crippen LogP contribution in [0.4, 0.5) is 0 Å². The molecule has 1 amide bonds. The van der Waals surface area contributed by atoms with E-state index in [0.29, 0.717) is 30.0 Å². The Morgan fingerprint density at radius 3 is 2.48 bits per heavy atom. The van der Waals surface area contributed by atoms with Gasteiger partial charge in [0.15, 0.2) is 6.61 Å². The van der Waals surface area contributed by atoms with Gasteiger partial charge in [0.1, 0.15) is 11.3 Å². The molecule has 1 fully saturated rings. The summed E-state index contributed by atoms with van der Waals surface area (Å²) >= 11 is 0. The van der Waals surface area contributed by atoms with Crippen molar-refractivity contribution in [3.63, 3.8) is 0 Å². The number of ether oxygens (including phenoxy) is 1. The van der Waals surface area contributed by atoms with Crippen molar-refractivity contribution in [3.8, 4) is 5.75 Å². The fourth-order valence-electron chi connectivity index (χ4n) is 4.14. The summed E-state index contributed by atoms with van der Waals surface area (Å²) in [5, 5.41) is 12.7. The maximum Gasteiger partial charge on any atom is 0.336 e. The third kappa shape index (κ3) is 4.03. The van der Waals surface area contributed by atoms with Crippen LogP contribution in [0.2, 0.25) is 0 Å². The van der Waals surface area contributed by atoms with Crippen molar-refractivity contribution >= 4 is 22.8 Å². The molecule has 0 saturated carbocycles. The summed E-state index contributed by atoms with van der Waals surface area (Å²) in [6.45, 7) is 2.24. The molecule has 31 heavy (non-hydrogen) atoms. The first-order valence-corrected chi connectivity index (χ1v) is 10.1. The van der Waals surface area contributed by atoms with Crippen molar-refractivity contribution in [2.45, 2.75) is 25.2 Å². The standard InChI is InChI=1S/C24H23NO6/c1-16-13-22(27)31-20-14-18(7-8-19(16)20)30-15-21(26)25-11-9-24(10-12-25,23(28)29)17-5-3-2-4-6-17/h2-8,13-14H,9-12,15H2,1H3,(H,28,29)/p-1. The number of carboxylic acid groups (broad SMARTS) is 1. The number of carbonyl (C=O) groups excluding carboxylic acids is 2. The van der Waals surface area contributed by atoms with Crippen molar-refractivity contribution in [1.82, 2.24) is 4.90 Å². The lowest BCUT2D eigenvalue weighted by Gasteiger charge is -2.42. The Hall–Kier alpha value is -3.61. The number of amides is 1. The molecule has 0 spiro atoms. The lowest BCUT2D eigenvalue weighted by molar-refractivity contribution is -0.315. The van der Waals surface area contributed by atoms with E-state index in [1.807, 2.05) is 13.0 Å². The van der Waals surface area contributed by atoms with Gasteiger partial charge in [-0.15, -0.1) is 0 Å². The monoisotopic (exact) mass is 420 g/mol. The highest BCUT2D eigenvalue weighted by Gasteiger charge is 2.38. The Bertz CT molecular complexity index is 1180. The summed E-state index contributed by atoms with van der Waals surface area (Å²) in [4.78, 5) is 37.8. The van der Waals surface area contributed by atoms with Gasteiger partial charge in [-0.05, 0) is 43.0 Å². The smallest absolute Gasteiger partial charge is 0.336 e. The van der Waals surface area contributed by atoms with Gasteiger partial charge in [-0.25, -0.2) is 4.79 Å². The zero-order valence-corrected chi connectivity index (χ0v) is 17.1. The first-order valence-electron chi connectivity index (χ1n) is 10.1. The van der Waals surface area contributed by atoms with E-state index in [0.717, 1.165) is 10.9 Å². The number of likely N-dealkylation sites (tertiary alicyclic amines) is 1. The second-order valence-corrected chi connectivity index (χ2v) is 7.81. The Labute approximate surface area is 178 Å². The summed E-state index contributed by atoms with van der Waals surface area (Å²) in [6, 6.07) is 15.5. The zero-order valence-electron chi connectivity index (χ0n) is 17.1. The molecular weight excluding hydrogens is 398 g/mol. The molecule has 0 atom stereocenters. The molecule has 1 aliphatic heterocycles. The minimum Gasteiger partial charge on any atom is -0.549 e. The van der Waals surface area contributed by atoms with Crippen LogP contribution in [0.3, 0.4) is 0 Å². The van der Waals surface area contributed by atoms with Crippen LogP contribution in [-0.4, -0.2) is 36.5 Å². The van der Waals surface area contributed by atoms with Gasteiger partial charge in [0.05, 0.1) is 5.97 Å². The van der Waals surface area contributed by atoms with Crippen LogP contribution in [0.25, 0.3) is 11.0 Å². The Morgan fingerprint density at radius 1 is 1.10 bits per heavy atom. The Morgan fingerprint density at radius 2 is 1.81 bits per heavy atom. The number of aryl methyl sites for hydroxylation is 1. The lowest BCUT2D eigenvalue weighted by Crippen LogP contribution is -2.54. The number of carboxylic acids is 1. The number of nitrogens with zero attached hydrogens (tertiary/aromatic N) is 1. The molecule has 2 heterocycles. The SMILES string of the molecule is Cc1cc(=O)oc2cc(OCC(=O)N3CCC(C(=O)[O-])(c4ccccc4)CC3)ccc12. The number of piperidine rings is 1. The molecule has 3 aromatic rings. The van der Waals surface area contributed by atoms with Gasteiger partial charge < -0.3 is 24.0 Å². The van der Waals surface area contributed by atoms with Crippen molar-refractivity contribution in [3.05, 3.63) is 76.1 Å². The molecule has 0 bridgehead atoms. The van der Waals surface area contributed by atoms with Crippen LogP contribution in [0.1, 0.15) is 24.0 Å². The molecule has 7 nitrogen and oxygen atoms in total. The maximum atomic E-state index is 12.6. The number of carbonyl (C=O) groups is 2. The normalized spacial score (nSPS) is 15.6. The summed E-state index contributed by atoms with van der Waals surface area (Å²) in [5.74, 6) is -0.930.